The summed E-state index contributed by atoms with van der Waals surface area (Å²) in [6.45, 7) is 1.95. The zero-order chi connectivity index (χ0) is 17.1. The molecule has 0 aliphatic rings. The fourth-order valence-electron chi connectivity index (χ4n) is 2.22. The van der Waals surface area contributed by atoms with Crippen molar-refractivity contribution in [1.29, 1.82) is 5.26 Å². The summed E-state index contributed by atoms with van der Waals surface area (Å²) in [4.78, 5) is 17.3. The molecular formula is C18H14N4OS. The summed E-state index contributed by atoms with van der Waals surface area (Å²) in [7, 11) is 0. The van der Waals surface area contributed by atoms with Gasteiger partial charge in [-0.25, -0.2) is 4.98 Å². The van der Waals surface area contributed by atoms with E-state index in [1.54, 1.807) is 30.5 Å². The molecule has 118 valence electrons. The fraction of sp³-hybridized carbons (Fsp3) is 0.0556. The molecule has 0 unspecified atom stereocenters. The number of ketones is 1. The second kappa shape index (κ2) is 6.52. The number of nitrogen functional groups attached to an aromatic ring is 1. The van der Waals surface area contributed by atoms with Gasteiger partial charge in [-0.15, -0.1) is 0 Å². The van der Waals surface area contributed by atoms with Crippen LogP contribution in [0.4, 0.5) is 16.5 Å². The van der Waals surface area contributed by atoms with Gasteiger partial charge in [-0.05, 0) is 55.0 Å². The maximum Gasteiger partial charge on any atom is 0.204 e. The highest BCUT2D eigenvalue weighted by atomic mass is 32.1. The number of nitrogens with two attached hydrogens (primary N) is 1. The van der Waals surface area contributed by atoms with Gasteiger partial charge in [-0.1, -0.05) is 11.3 Å². The van der Waals surface area contributed by atoms with Crippen LogP contribution in [0.2, 0.25) is 0 Å². The van der Waals surface area contributed by atoms with E-state index in [1.165, 1.54) is 11.3 Å². The number of benzene rings is 2. The van der Waals surface area contributed by atoms with Crippen LogP contribution in [-0.4, -0.2) is 10.8 Å². The minimum Gasteiger partial charge on any atom is -0.399 e. The number of rotatable bonds is 4. The van der Waals surface area contributed by atoms with Crippen LogP contribution in [0.15, 0.2) is 48.7 Å². The van der Waals surface area contributed by atoms with Gasteiger partial charge < -0.3 is 11.1 Å². The Bertz CT molecular complexity index is 938. The van der Waals surface area contributed by atoms with Crippen LogP contribution in [0.25, 0.3) is 0 Å². The predicted molar refractivity (Wildman–Crippen MR) is 95.6 cm³/mol. The largest absolute Gasteiger partial charge is 0.399 e. The third-order valence-corrected chi connectivity index (χ3v) is 4.41. The van der Waals surface area contributed by atoms with Gasteiger partial charge in [0.25, 0.3) is 0 Å². The first-order valence-electron chi connectivity index (χ1n) is 7.20. The van der Waals surface area contributed by atoms with E-state index in [2.05, 4.69) is 10.3 Å². The highest BCUT2D eigenvalue weighted by Gasteiger charge is 2.13. The first-order chi connectivity index (χ1) is 11.6. The number of anilines is 3. The summed E-state index contributed by atoms with van der Waals surface area (Å²) in [5.74, 6) is -0.112. The topological polar surface area (TPSA) is 91.8 Å². The Hall–Kier alpha value is -3.17. The summed E-state index contributed by atoms with van der Waals surface area (Å²) in [5, 5.41) is 12.6. The average Bonchev–Trinajstić information content (AvgIpc) is 3.05. The molecule has 5 nitrogen and oxygen atoms in total. The Balaban J connectivity index is 1.79. The molecule has 0 aliphatic carbocycles. The van der Waals surface area contributed by atoms with Crippen LogP contribution in [0.5, 0.6) is 0 Å². The lowest BCUT2D eigenvalue weighted by molar-refractivity contribution is 0.104. The van der Waals surface area contributed by atoms with Crippen LogP contribution >= 0.6 is 11.3 Å². The molecule has 1 aromatic heterocycles. The predicted octanol–water partition coefficient (Wildman–Crippen LogP) is 3.88. The van der Waals surface area contributed by atoms with Crippen molar-refractivity contribution < 1.29 is 4.79 Å². The molecule has 0 saturated heterocycles. The lowest BCUT2D eigenvalue weighted by Crippen LogP contribution is -1.98. The third-order valence-electron chi connectivity index (χ3n) is 3.50. The Morgan fingerprint density at radius 3 is 2.67 bits per heavy atom. The van der Waals surface area contributed by atoms with E-state index in [-0.39, 0.29) is 5.78 Å². The molecule has 24 heavy (non-hydrogen) atoms. The Morgan fingerprint density at radius 1 is 1.25 bits per heavy atom. The van der Waals surface area contributed by atoms with Crippen molar-refractivity contribution in [2.45, 2.75) is 6.92 Å². The minimum atomic E-state index is -0.112. The molecule has 3 N–H and O–H groups in total. The van der Waals surface area contributed by atoms with E-state index < -0.39 is 0 Å². The van der Waals surface area contributed by atoms with Crippen LogP contribution in [0.3, 0.4) is 0 Å². The summed E-state index contributed by atoms with van der Waals surface area (Å²) in [6.07, 6.45) is 1.56. The minimum absolute atomic E-state index is 0.112. The van der Waals surface area contributed by atoms with E-state index in [0.717, 1.165) is 11.3 Å². The van der Waals surface area contributed by atoms with Gasteiger partial charge in [0.05, 0.1) is 22.7 Å². The summed E-state index contributed by atoms with van der Waals surface area (Å²) in [6, 6.07) is 14.2. The molecule has 3 rings (SSSR count). The molecule has 0 aliphatic heterocycles. The number of aryl methyl sites for hydroxylation is 1. The molecule has 2 aromatic carbocycles. The average molecular weight is 334 g/mol. The SMILES string of the molecule is Cc1cc(N)ccc1Nc1ncc(C(=O)c2ccc(C#N)cc2)s1. The first kappa shape index (κ1) is 15.7. The third kappa shape index (κ3) is 3.26. The van der Waals surface area contributed by atoms with Crippen molar-refractivity contribution in [2.75, 3.05) is 11.1 Å². The highest BCUT2D eigenvalue weighted by Crippen LogP contribution is 2.27. The second-order valence-corrected chi connectivity index (χ2v) is 6.28. The summed E-state index contributed by atoms with van der Waals surface area (Å²) < 4.78 is 0. The Morgan fingerprint density at radius 2 is 2.00 bits per heavy atom. The molecule has 3 aromatic rings. The number of aromatic nitrogens is 1. The Kier molecular flexibility index (Phi) is 4.27. The number of nitriles is 1. The fourth-order valence-corrected chi connectivity index (χ4v) is 3.01. The van der Waals surface area contributed by atoms with Crippen molar-refractivity contribution in [1.82, 2.24) is 4.98 Å². The van der Waals surface area contributed by atoms with Crippen LogP contribution < -0.4 is 11.1 Å². The van der Waals surface area contributed by atoms with Crippen molar-refractivity contribution in [3.05, 3.63) is 70.2 Å². The number of hydrogen-bond acceptors (Lipinski definition) is 6. The number of thiazole rings is 1. The van der Waals surface area contributed by atoms with Gasteiger partial charge in [-0.2, -0.15) is 5.26 Å². The molecule has 0 saturated carbocycles. The molecule has 0 radical (unpaired) electrons. The quantitative estimate of drug-likeness (QED) is 0.558. The van der Waals surface area contributed by atoms with Gasteiger partial charge in [0.15, 0.2) is 5.13 Å². The van der Waals surface area contributed by atoms with Crippen molar-refractivity contribution in [3.8, 4) is 6.07 Å². The van der Waals surface area contributed by atoms with E-state index in [1.807, 2.05) is 31.2 Å². The normalized spacial score (nSPS) is 10.2. The molecule has 6 heteroatoms. The molecule has 0 spiro atoms. The maximum atomic E-state index is 12.5. The van der Waals surface area contributed by atoms with Crippen molar-refractivity contribution >= 4 is 33.6 Å². The van der Waals surface area contributed by atoms with Crippen molar-refractivity contribution in [2.24, 2.45) is 0 Å². The Labute approximate surface area is 143 Å². The second-order valence-electron chi connectivity index (χ2n) is 5.25. The number of carbonyl (C=O) groups excluding carboxylic acids is 1. The molecule has 0 atom stereocenters. The summed E-state index contributed by atoms with van der Waals surface area (Å²) >= 11 is 1.29. The lowest BCUT2D eigenvalue weighted by Gasteiger charge is -2.07. The smallest absolute Gasteiger partial charge is 0.204 e. The van der Waals surface area contributed by atoms with E-state index >= 15 is 0 Å². The molecule has 0 amide bonds. The molecule has 0 fully saturated rings. The van der Waals surface area contributed by atoms with Gasteiger partial charge in [0.1, 0.15) is 0 Å². The number of hydrogen-bond donors (Lipinski definition) is 2. The molecule has 0 bridgehead atoms. The van der Waals surface area contributed by atoms with Crippen LogP contribution in [-0.2, 0) is 0 Å². The van der Waals surface area contributed by atoms with Crippen LogP contribution in [0, 0.1) is 18.3 Å². The number of carbonyl (C=O) groups is 1. The van der Waals surface area contributed by atoms with Gasteiger partial charge in [-0.3, -0.25) is 4.79 Å². The molecular weight excluding hydrogens is 320 g/mol. The standard InChI is InChI=1S/C18H14N4OS/c1-11-8-14(20)6-7-15(11)22-18-21-10-16(24-18)17(23)13-4-2-12(9-19)3-5-13/h2-8,10H,20H2,1H3,(H,21,22). The van der Waals surface area contributed by atoms with Crippen molar-refractivity contribution in [3.63, 3.8) is 0 Å². The van der Waals surface area contributed by atoms with Crippen LogP contribution in [0.1, 0.15) is 26.4 Å². The zero-order valence-corrected chi connectivity index (χ0v) is 13.7. The first-order valence-corrected chi connectivity index (χ1v) is 8.02. The molecule has 1 heterocycles. The summed E-state index contributed by atoms with van der Waals surface area (Å²) in [5.41, 5.74) is 9.41. The maximum absolute atomic E-state index is 12.5. The van der Waals surface area contributed by atoms with Gasteiger partial charge in [0.2, 0.25) is 5.78 Å². The van der Waals surface area contributed by atoms with E-state index in [0.29, 0.717) is 26.8 Å². The lowest BCUT2D eigenvalue weighted by atomic mass is 10.1. The monoisotopic (exact) mass is 334 g/mol. The van der Waals surface area contributed by atoms with E-state index in [4.69, 9.17) is 11.0 Å². The number of nitrogens with one attached hydrogen (secondary N) is 1. The highest BCUT2D eigenvalue weighted by molar-refractivity contribution is 7.17. The van der Waals surface area contributed by atoms with Gasteiger partial charge in [0, 0.05) is 16.9 Å². The number of nitrogens with zero attached hydrogens (tertiary/aromatic N) is 2. The van der Waals surface area contributed by atoms with E-state index in [9.17, 15) is 4.79 Å². The zero-order valence-electron chi connectivity index (χ0n) is 12.9. The van der Waals surface area contributed by atoms with Gasteiger partial charge >= 0.3 is 0 Å².